The topological polar surface area (TPSA) is 40.5 Å². The van der Waals surface area contributed by atoms with Crippen LogP contribution in [0.15, 0.2) is 84.9 Å². The van der Waals surface area contributed by atoms with Crippen molar-refractivity contribution < 1.29 is 53.9 Å². The van der Waals surface area contributed by atoms with E-state index < -0.39 is 35.0 Å². The molecular formula is C28H28CrF6O2. The third-order valence-electron chi connectivity index (χ3n) is 4.55. The molecule has 0 bridgehead atoms. The molecule has 4 aromatic carbocycles. The predicted octanol–water partition coefficient (Wildman–Crippen LogP) is 8.86. The summed E-state index contributed by atoms with van der Waals surface area (Å²) in [4.78, 5) is 0. The molecular weight excluding hydrogens is 534 g/mol. The Labute approximate surface area is 223 Å². The van der Waals surface area contributed by atoms with Gasteiger partial charge in [0.2, 0.25) is 0 Å². The Morgan fingerprint density at radius 1 is 0.568 bits per heavy atom. The van der Waals surface area contributed by atoms with E-state index >= 15 is 0 Å². The summed E-state index contributed by atoms with van der Waals surface area (Å²) in [7, 11) is 0. The Kier molecular flexibility index (Phi) is 13.9. The van der Waals surface area contributed by atoms with Crippen molar-refractivity contribution in [1.29, 1.82) is 0 Å². The second-order valence-corrected chi connectivity index (χ2v) is 7.96. The van der Waals surface area contributed by atoms with Crippen LogP contribution in [0.1, 0.15) is 33.4 Å². The Balaban J connectivity index is 0.000000473. The van der Waals surface area contributed by atoms with E-state index in [1.54, 1.807) is 0 Å². The molecule has 4 aromatic rings. The van der Waals surface area contributed by atoms with Crippen LogP contribution in [0.3, 0.4) is 0 Å². The predicted molar refractivity (Wildman–Crippen MR) is 129 cm³/mol. The molecule has 0 spiro atoms. The van der Waals surface area contributed by atoms with Gasteiger partial charge >= 0.3 is 29.7 Å². The van der Waals surface area contributed by atoms with Crippen molar-refractivity contribution in [1.82, 2.24) is 0 Å². The van der Waals surface area contributed by atoms with E-state index in [2.05, 4.69) is 64.1 Å². The minimum atomic E-state index is -4.47. The van der Waals surface area contributed by atoms with Crippen LogP contribution in [0, 0.1) is 27.7 Å². The van der Waals surface area contributed by atoms with Gasteiger partial charge in [0.25, 0.3) is 0 Å². The number of aryl methyl sites for hydroxylation is 4. The van der Waals surface area contributed by atoms with Crippen LogP contribution in [0.2, 0.25) is 0 Å². The third kappa shape index (κ3) is 13.1. The number of halogens is 6. The summed E-state index contributed by atoms with van der Waals surface area (Å²) in [6, 6.07) is 21.6. The average molecular weight is 563 g/mol. The third-order valence-corrected chi connectivity index (χ3v) is 4.55. The summed E-state index contributed by atoms with van der Waals surface area (Å²) < 4.78 is 71.3. The zero-order valence-electron chi connectivity index (χ0n) is 20.7. The summed E-state index contributed by atoms with van der Waals surface area (Å²) in [5, 5.41) is 17.5. The number of hydrogen-bond acceptors (Lipinski definition) is 2. The number of benzene rings is 2. The van der Waals surface area contributed by atoms with Crippen LogP contribution in [0.4, 0.5) is 26.3 Å². The van der Waals surface area contributed by atoms with E-state index in [1.165, 1.54) is 46.5 Å². The van der Waals surface area contributed by atoms with Gasteiger partial charge in [0.1, 0.15) is 11.5 Å². The molecule has 0 aliphatic carbocycles. The smallest absolute Gasteiger partial charge is 0.507 e. The van der Waals surface area contributed by atoms with E-state index in [0.29, 0.717) is 0 Å². The minimum Gasteiger partial charge on any atom is -0.507 e. The van der Waals surface area contributed by atoms with Gasteiger partial charge in [0, 0.05) is 0 Å². The maximum Gasteiger partial charge on any atom is 2.00 e. The largest absolute Gasteiger partial charge is 2.00 e. The first kappa shape index (κ1) is 33.9. The molecule has 0 radical (unpaired) electrons. The Morgan fingerprint density at radius 3 is 1.00 bits per heavy atom. The zero-order valence-corrected chi connectivity index (χ0v) is 21.9. The molecule has 200 valence electrons. The maximum atomic E-state index is 11.9. The monoisotopic (exact) mass is 562 g/mol. The number of phenols is 2. The molecule has 0 fully saturated rings. The van der Waals surface area contributed by atoms with Crippen LogP contribution >= 0.6 is 0 Å². The fraction of sp³-hybridized carbons (Fsp3) is 0.214. The van der Waals surface area contributed by atoms with Crippen molar-refractivity contribution in [2.45, 2.75) is 40.0 Å². The molecule has 0 aromatic heterocycles. The van der Waals surface area contributed by atoms with Gasteiger partial charge in [-0.2, -0.15) is 61.7 Å². The van der Waals surface area contributed by atoms with E-state index in [0.717, 1.165) is 24.3 Å². The number of alkyl halides is 6. The van der Waals surface area contributed by atoms with E-state index in [9.17, 15) is 26.3 Å². The molecule has 0 aliphatic rings. The van der Waals surface area contributed by atoms with Gasteiger partial charge in [0.05, 0.1) is 11.1 Å². The molecule has 0 aliphatic heterocycles. The molecule has 0 heterocycles. The second-order valence-electron chi connectivity index (χ2n) is 7.96. The Hall–Kier alpha value is -3.15. The Morgan fingerprint density at radius 2 is 0.865 bits per heavy atom. The van der Waals surface area contributed by atoms with Crippen LogP contribution < -0.4 is 0 Å². The van der Waals surface area contributed by atoms with Crippen molar-refractivity contribution >= 4 is 0 Å². The molecule has 0 atom stereocenters. The molecule has 0 saturated heterocycles. The van der Waals surface area contributed by atoms with E-state index in [4.69, 9.17) is 10.2 Å². The van der Waals surface area contributed by atoms with Crippen molar-refractivity contribution in [3.63, 3.8) is 0 Å². The van der Waals surface area contributed by atoms with E-state index in [-0.39, 0.29) is 17.4 Å². The van der Waals surface area contributed by atoms with Crippen LogP contribution in [0.5, 0.6) is 11.5 Å². The summed E-state index contributed by atoms with van der Waals surface area (Å²) >= 11 is 0. The summed E-state index contributed by atoms with van der Waals surface area (Å²) in [5.41, 5.74) is 3.44. The first-order chi connectivity index (χ1) is 16.6. The SMILES string of the molecule is Cc1cc[c-](C)c1.Cc1cc[c-](C)c1.Oc1ccccc1C(F)(F)F.Oc1ccccc1C(F)(F)F.[Cr+2]. The number of rotatable bonds is 0. The van der Waals surface area contributed by atoms with Gasteiger partial charge in [-0.1, -0.05) is 52.0 Å². The van der Waals surface area contributed by atoms with Crippen LogP contribution in [0.25, 0.3) is 0 Å². The summed E-state index contributed by atoms with van der Waals surface area (Å²) in [5.74, 6) is -1.47. The fourth-order valence-corrected chi connectivity index (χ4v) is 2.86. The number of para-hydroxylation sites is 2. The number of phenolic OH excluding ortho intramolecular Hbond substituents is 2. The first-order valence-corrected chi connectivity index (χ1v) is 10.7. The molecule has 0 amide bonds. The minimum absolute atomic E-state index is 0. The number of hydrogen-bond donors (Lipinski definition) is 2. The molecule has 9 heteroatoms. The normalized spacial score (nSPS) is 10.4. The van der Waals surface area contributed by atoms with Crippen LogP contribution in [-0.4, -0.2) is 10.2 Å². The number of aromatic hydroxyl groups is 2. The second kappa shape index (κ2) is 15.2. The zero-order chi connectivity index (χ0) is 27.5. The van der Waals surface area contributed by atoms with Gasteiger partial charge in [-0.3, -0.25) is 0 Å². The molecule has 2 N–H and O–H groups in total. The van der Waals surface area contributed by atoms with Crippen molar-refractivity contribution in [2.75, 3.05) is 0 Å². The molecule has 0 saturated carbocycles. The standard InChI is InChI=1S/2C7H5F3O.2C7H9.Cr/c2*8-7(9,10)5-3-1-2-4-6(5)11;2*1-6-3-4-7(2)5-6;/h2*1-4,11H;2*3-5H,1-2H3;/q;;2*-1;+2. The van der Waals surface area contributed by atoms with Gasteiger partial charge in [-0.25, -0.2) is 23.3 Å². The van der Waals surface area contributed by atoms with E-state index in [1.807, 2.05) is 0 Å². The van der Waals surface area contributed by atoms with Crippen molar-refractivity contribution in [2.24, 2.45) is 0 Å². The van der Waals surface area contributed by atoms with Crippen molar-refractivity contribution in [3.8, 4) is 11.5 Å². The summed E-state index contributed by atoms with van der Waals surface area (Å²) in [6.07, 6.45) is -8.93. The molecule has 0 unspecified atom stereocenters. The molecule has 4 rings (SSSR count). The van der Waals surface area contributed by atoms with Gasteiger partial charge in [-0.15, -0.1) is 0 Å². The van der Waals surface area contributed by atoms with Gasteiger partial charge in [-0.05, 0) is 24.3 Å². The molecule has 2 nitrogen and oxygen atoms in total. The van der Waals surface area contributed by atoms with Crippen LogP contribution in [-0.2, 0) is 29.7 Å². The van der Waals surface area contributed by atoms with Gasteiger partial charge < -0.3 is 10.2 Å². The quantitative estimate of drug-likeness (QED) is 0.166. The fourth-order valence-electron chi connectivity index (χ4n) is 2.86. The first-order valence-electron chi connectivity index (χ1n) is 10.7. The summed E-state index contributed by atoms with van der Waals surface area (Å²) in [6.45, 7) is 8.42. The Bertz CT molecular complexity index is 1060. The molecule has 37 heavy (non-hydrogen) atoms. The van der Waals surface area contributed by atoms with Crippen molar-refractivity contribution in [3.05, 3.63) is 118 Å². The van der Waals surface area contributed by atoms with Gasteiger partial charge in [0.15, 0.2) is 0 Å². The average Bonchev–Trinajstić information content (AvgIpc) is 3.34. The maximum absolute atomic E-state index is 11.9.